The van der Waals surface area contributed by atoms with E-state index in [0.29, 0.717) is 0 Å². The molecule has 1 N–H and O–H groups in total. The minimum absolute atomic E-state index is 0.723. The first-order valence-corrected chi connectivity index (χ1v) is 3.46. The van der Waals surface area contributed by atoms with Crippen LogP contribution in [0.5, 0.6) is 0 Å². The lowest BCUT2D eigenvalue weighted by molar-refractivity contribution is 0.132. The molecule has 0 amide bonds. The van der Waals surface area contributed by atoms with Crippen LogP contribution in [0.1, 0.15) is 20.8 Å². The second-order valence-electron chi connectivity index (χ2n) is 3.05. The van der Waals surface area contributed by atoms with Gasteiger partial charge in [0.15, 0.2) is 0 Å². The monoisotopic (exact) mass is 137 g/mol. The Balaban J connectivity index is 2.84. The van der Waals surface area contributed by atoms with Crippen LogP contribution in [0.15, 0.2) is 23.8 Å². The maximum atomic E-state index is 9.59. The molecule has 0 aromatic heterocycles. The van der Waals surface area contributed by atoms with Crippen molar-refractivity contribution < 1.29 is 5.11 Å². The fourth-order valence-electron chi connectivity index (χ4n) is 0.961. The molecule has 1 nitrogen and oxygen atoms in total. The first kappa shape index (κ1) is 7.55. The summed E-state index contributed by atoms with van der Waals surface area (Å²) < 4.78 is 0. The van der Waals surface area contributed by atoms with Crippen LogP contribution in [0.2, 0.25) is 0 Å². The minimum Gasteiger partial charge on any atom is -0.385 e. The Morgan fingerprint density at radius 3 is 2.40 bits per heavy atom. The number of rotatable bonds is 0. The first-order chi connectivity index (χ1) is 4.52. The van der Waals surface area contributed by atoms with Gasteiger partial charge in [-0.25, -0.2) is 0 Å². The largest absolute Gasteiger partial charge is 0.385 e. The van der Waals surface area contributed by atoms with Gasteiger partial charge in [0, 0.05) is 5.92 Å². The Kier molecular flexibility index (Phi) is 1.69. The second kappa shape index (κ2) is 2.24. The Hall–Kier alpha value is -0.560. The molecule has 0 bridgehead atoms. The maximum Gasteiger partial charge on any atom is 0.0900 e. The fourth-order valence-corrected chi connectivity index (χ4v) is 0.961. The van der Waals surface area contributed by atoms with Crippen molar-refractivity contribution in [3.8, 4) is 0 Å². The summed E-state index contributed by atoms with van der Waals surface area (Å²) in [6.07, 6.45) is 5.75. The van der Waals surface area contributed by atoms with Crippen molar-refractivity contribution in [2.24, 2.45) is 0 Å². The molecule has 1 aliphatic rings. The van der Waals surface area contributed by atoms with Crippen LogP contribution in [0, 0.1) is 5.92 Å². The molecule has 0 fully saturated rings. The van der Waals surface area contributed by atoms with Gasteiger partial charge in [-0.15, -0.1) is 0 Å². The van der Waals surface area contributed by atoms with Crippen LogP contribution >= 0.6 is 0 Å². The van der Waals surface area contributed by atoms with Crippen LogP contribution in [0.25, 0.3) is 0 Å². The van der Waals surface area contributed by atoms with Crippen LogP contribution < -0.4 is 0 Å². The quantitative estimate of drug-likeness (QED) is 0.540. The highest BCUT2D eigenvalue weighted by Gasteiger charge is 2.25. The van der Waals surface area contributed by atoms with E-state index in [9.17, 15) is 5.11 Å². The van der Waals surface area contributed by atoms with Crippen LogP contribution in [0.3, 0.4) is 0 Å². The highest BCUT2D eigenvalue weighted by atomic mass is 16.3. The zero-order chi connectivity index (χ0) is 7.78. The second-order valence-corrected chi connectivity index (χ2v) is 3.05. The zero-order valence-electron chi connectivity index (χ0n) is 6.68. The van der Waals surface area contributed by atoms with Gasteiger partial charge < -0.3 is 5.11 Å². The van der Waals surface area contributed by atoms with Crippen molar-refractivity contribution in [1.29, 1.82) is 0 Å². The highest BCUT2D eigenvalue weighted by molar-refractivity contribution is 5.37. The van der Waals surface area contributed by atoms with Crippen molar-refractivity contribution in [2.75, 3.05) is 0 Å². The molecule has 0 spiro atoms. The molecule has 0 aromatic rings. The van der Waals surface area contributed by atoms with E-state index in [1.54, 1.807) is 6.92 Å². The Labute approximate surface area is 62.1 Å². The number of hydrogen-bond donors (Lipinski definition) is 1. The summed E-state index contributed by atoms with van der Waals surface area (Å²) in [5.74, 6) is 1.01. The molecule has 0 aromatic carbocycles. The van der Waals surface area contributed by atoms with Gasteiger partial charge in [-0.2, -0.15) is 0 Å². The van der Waals surface area contributed by atoms with Gasteiger partial charge in [0.2, 0.25) is 0 Å². The van der Waals surface area contributed by atoms with Crippen LogP contribution in [-0.2, 0) is 0 Å². The van der Waals surface area contributed by atoms with Crippen molar-refractivity contribution >= 4 is 0 Å². The van der Waals surface area contributed by atoms with E-state index in [0.717, 1.165) is 5.92 Å². The molecule has 1 atom stereocenters. The normalized spacial score (nSPS) is 34.2. The van der Waals surface area contributed by atoms with Crippen molar-refractivity contribution in [3.05, 3.63) is 29.7 Å². The lowest BCUT2D eigenvalue weighted by atomic mass is 9.85. The first-order valence-electron chi connectivity index (χ1n) is 3.46. The molecule has 0 saturated heterocycles. The van der Waals surface area contributed by atoms with Crippen LogP contribution in [0.4, 0.5) is 0 Å². The molecular weight excluding hydrogens is 124 g/mol. The molecule has 0 aliphatic heterocycles. The third-order valence-corrected chi connectivity index (χ3v) is 1.91. The van der Waals surface area contributed by atoms with Gasteiger partial charge >= 0.3 is 0 Å². The smallest absolute Gasteiger partial charge is 0.0900 e. The Morgan fingerprint density at radius 2 is 2.00 bits per heavy atom. The maximum absolute atomic E-state index is 9.59. The van der Waals surface area contributed by atoms with E-state index in [1.807, 2.05) is 32.1 Å². The average molecular weight is 137 g/mol. The van der Waals surface area contributed by atoms with Gasteiger partial charge in [0.1, 0.15) is 0 Å². The predicted molar refractivity (Wildman–Crippen MR) is 42.4 cm³/mol. The molecule has 0 heterocycles. The standard InChI is InChI=1S/C9H13O/c1-7-4-5-9(3,10)8(2)6-7/h4-6,10H,1-3H3. The van der Waals surface area contributed by atoms with Crippen molar-refractivity contribution in [2.45, 2.75) is 26.4 Å². The van der Waals surface area contributed by atoms with Crippen molar-refractivity contribution in [3.63, 3.8) is 0 Å². The average Bonchev–Trinajstić information content (AvgIpc) is 1.81. The zero-order valence-corrected chi connectivity index (χ0v) is 6.68. The molecule has 1 unspecified atom stereocenters. The Morgan fingerprint density at radius 1 is 1.40 bits per heavy atom. The lowest BCUT2D eigenvalue weighted by Gasteiger charge is -2.27. The van der Waals surface area contributed by atoms with Crippen LogP contribution in [-0.4, -0.2) is 10.7 Å². The third kappa shape index (κ3) is 1.29. The lowest BCUT2D eigenvalue weighted by Crippen LogP contribution is -2.29. The van der Waals surface area contributed by atoms with E-state index < -0.39 is 5.60 Å². The molecule has 55 valence electrons. The van der Waals surface area contributed by atoms with E-state index in [-0.39, 0.29) is 0 Å². The number of allylic oxidation sites excluding steroid dienone is 2. The number of hydrogen-bond acceptors (Lipinski definition) is 1. The van der Waals surface area contributed by atoms with Gasteiger partial charge in [0.25, 0.3) is 0 Å². The summed E-state index contributed by atoms with van der Waals surface area (Å²) in [4.78, 5) is 0. The summed E-state index contributed by atoms with van der Waals surface area (Å²) in [5.41, 5.74) is 0.475. The van der Waals surface area contributed by atoms with Crippen molar-refractivity contribution in [1.82, 2.24) is 0 Å². The van der Waals surface area contributed by atoms with Gasteiger partial charge in [-0.3, -0.25) is 0 Å². The highest BCUT2D eigenvalue weighted by Crippen LogP contribution is 2.27. The summed E-state index contributed by atoms with van der Waals surface area (Å²) in [6.45, 7) is 5.75. The fraction of sp³-hybridized carbons (Fsp3) is 0.444. The van der Waals surface area contributed by atoms with Gasteiger partial charge in [0.05, 0.1) is 5.60 Å². The topological polar surface area (TPSA) is 20.2 Å². The molecular formula is C9H13O. The van der Waals surface area contributed by atoms with E-state index >= 15 is 0 Å². The third-order valence-electron chi connectivity index (χ3n) is 1.91. The van der Waals surface area contributed by atoms with Gasteiger partial charge in [-0.05, 0) is 13.8 Å². The molecule has 1 rings (SSSR count). The summed E-state index contributed by atoms with van der Waals surface area (Å²) in [7, 11) is 0. The minimum atomic E-state index is -0.723. The molecule has 1 heteroatoms. The van der Waals surface area contributed by atoms with E-state index in [1.165, 1.54) is 5.57 Å². The molecule has 1 radical (unpaired) electrons. The molecule has 10 heavy (non-hydrogen) atoms. The summed E-state index contributed by atoms with van der Waals surface area (Å²) >= 11 is 0. The summed E-state index contributed by atoms with van der Waals surface area (Å²) in [6, 6.07) is 0. The van der Waals surface area contributed by atoms with Gasteiger partial charge in [-0.1, -0.05) is 30.7 Å². The van der Waals surface area contributed by atoms with E-state index in [2.05, 4.69) is 0 Å². The predicted octanol–water partition coefficient (Wildman–Crippen LogP) is 1.85. The number of aliphatic hydroxyl groups is 1. The Bertz CT molecular complexity index is 187. The van der Waals surface area contributed by atoms with E-state index in [4.69, 9.17) is 0 Å². The molecule has 0 saturated carbocycles. The SMILES string of the molecule is C[C]1C=C(C)C=CC1(C)O. The molecule has 1 aliphatic carbocycles. The summed E-state index contributed by atoms with van der Waals surface area (Å²) in [5, 5.41) is 9.59.